The van der Waals surface area contributed by atoms with Crippen molar-refractivity contribution in [3.63, 3.8) is 0 Å². The molecular weight excluding hydrogens is 312 g/mol. The van der Waals surface area contributed by atoms with Crippen LogP contribution >= 0.6 is 0 Å². The number of carbonyl (C=O) groups excluding carboxylic acids is 1. The highest BCUT2D eigenvalue weighted by Crippen LogP contribution is 2.19. The van der Waals surface area contributed by atoms with Crippen LogP contribution in [-0.2, 0) is 4.79 Å². The van der Waals surface area contributed by atoms with Crippen molar-refractivity contribution >= 4 is 17.3 Å². The van der Waals surface area contributed by atoms with Crippen LogP contribution in [0.25, 0.3) is 0 Å². The van der Waals surface area contributed by atoms with Gasteiger partial charge in [0.25, 0.3) is 5.91 Å². The first-order valence-corrected chi connectivity index (χ1v) is 7.12. The minimum Gasteiger partial charge on any atom is -0.358 e. The Labute approximate surface area is 138 Å². The van der Waals surface area contributed by atoms with Crippen molar-refractivity contribution in [2.45, 2.75) is 13.8 Å². The van der Waals surface area contributed by atoms with Crippen LogP contribution in [0, 0.1) is 36.8 Å². The number of benzene rings is 2. The molecule has 0 atom stereocenters. The molecule has 0 saturated heterocycles. The Kier molecular flexibility index (Phi) is 5.27. The fraction of sp³-hybridized carbons (Fsp3) is 0.111. The third kappa shape index (κ3) is 3.96. The van der Waals surface area contributed by atoms with Gasteiger partial charge in [-0.05, 0) is 43.2 Å². The lowest BCUT2D eigenvalue weighted by Crippen LogP contribution is -2.15. The van der Waals surface area contributed by atoms with E-state index in [2.05, 4.69) is 10.6 Å². The molecule has 0 aliphatic carbocycles. The summed E-state index contributed by atoms with van der Waals surface area (Å²) in [5, 5.41) is 14.3. The van der Waals surface area contributed by atoms with E-state index in [1.54, 1.807) is 18.2 Å². The zero-order valence-electron chi connectivity index (χ0n) is 13.2. The maximum atomic E-state index is 13.5. The van der Waals surface area contributed by atoms with Crippen molar-refractivity contribution < 1.29 is 13.6 Å². The first-order valence-electron chi connectivity index (χ1n) is 7.12. The zero-order valence-corrected chi connectivity index (χ0v) is 13.2. The Balaban J connectivity index is 2.17. The zero-order chi connectivity index (χ0) is 17.7. The molecule has 0 radical (unpaired) electrons. The number of hydrogen-bond acceptors (Lipinski definition) is 3. The molecule has 2 rings (SSSR count). The molecule has 122 valence electrons. The van der Waals surface area contributed by atoms with Gasteiger partial charge >= 0.3 is 0 Å². The quantitative estimate of drug-likeness (QED) is 0.658. The molecule has 0 aliphatic heterocycles. The van der Waals surface area contributed by atoms with Gasteiger partial charge in [-0.25, -0.2) is 8.78 Å². The maximum Gasteiger partial charge on any atom is 0.267 e. The van der Waals surface area contributed by atoms with E-state index in [0.29, 0.717) is 11.8 Å². The Morgan fingerprint density at radius 2 is 1.92 bits per heavy atom. The van der Waals surface area contributed by atoms with Crippen LogP contribution in [0.5, 0.6) is 0 Å². The van der Waals surface area contributed by atoms with Crippen molar-refractivity contribution in [1.29, 1.82) is 5.26 Å². The number of carbonyl (C=O) groups is 1. The summed E-state index contributed by atoms with van der Waals surface area (Å²) in [4.78, 5) is 12.2. The fourth-order valence-corrected chi connectivity index (χ4v) is 1.98. The van der Waals surface area contributed by atoms with Gasteiger partial charge in [-0.15, -0.1) is 0 Å². The van der Waals surface area contributed by atoms with Crippen LogP contribution in [-0.4, -0.2) is 5.91 Å². The van der Waals surface area contributed by atoms with E-state index in [-0.39, 0.29) is 11.3 Å². The second kappa shape index (κ2) is 7.38. The predicted octanol–water partition coefficient (Wildman–Crippen LogP) is 4.04. The average Bonchev–Trinajstić information content (AvgIpc) is 2.54. The molecule has 0 spiro atoms. The summed E-state index contributed by atoms with van der Waals surface area (Å²) >= 11 is 0. The number of nitriles is 1. The molecule has 0 aliphatic rings. The smallest absolute Gasteiger partial charge is 0.267 e. The summed E-state index contributed by atoms with van der Waals surface area (Å²) in [7, 11) is 0. The molecule has 1 amide bonds. The molecule has 0 heterocycles. The number of hydrogen-bond donors (Lipinski definition) is 2. The van der Waals surface area contributed by atoms with Gasteiger partial charge in [0.15, 0.2) is 0 Å². The van der Waals surface area contributed by atoms with Gasteiger partial charge in [0.2, 0.25) is 0 Å². The first-order chi connectivity index (χ1) is 11.4. The monoisotopic (exact) mass is 327 g/mol. The molecule has 0 fully saturated rings. The highest BCUT2D eigenvalue weighted by atomic mass is 19.1. The minimum absolute atomic E-state index is 0.0383. The summed E-state index contributed by atoms with van der Waals surface area (Å²) in [6, 6.07) is 10.1. The van der Waals surface area contributed by atoms with E-state index >= 15 is 0 Å². The van der Waals surface area contributed by atoms with Crippen LogP contribution in [0.4, 0.5) is 20.2 Å². The van der Waals surface area contributed by atoms with Crippen molar-refractivity contribution in [1.82, 2.24) is 0 Å². The number of nitrogens with one attached hydrogen (secondary N) is 2. The van der Waals surface area contributed by atoms with E-state index in [4.69, 9.17) is 5.26 Å². The normalized spacial score (nSPS) is 10.9. The number of amides is 1. The van der Waals surface area contributed by atoms with Crippen LogP contribution in [0.1, 0.15) is 11.1 Å². The van der Waals surface area contributed by atoms with Gasteiger partial charge in [-0.1, -0.05) is 12.1 Å². The van der Waals surface area contributed by atoms with Crippen molar-refractivity contribution in [2.24, 2.45) is 0 Å². The summed E-state index contributed by atoms with van der Waals surface area (Å²) in [5.74, 6) is -2.16. The van der Waals surface area contributed by atoms with E-state index in [1.165, 1.54) is 6.07 Å². The molecule has 6 heteroatoms. The molecule has 0 unspecified atom stereocenters. The highest BCUT2D eigenvalue weighted by molar-refractivity contribution is 6.07. The number of anilines is 2. The van der Waals surface area contributed by atoms with E-state index in [0.717, 1.165) is 23.4 Å². The van der Waals surface area contributed by atoms with Crippen LogP contribution in [0.2, 0.25) is 0 Å². The molecule has 0 aromatic heterocycles. The van der Waals surface area contributed by atoms with Gasteiger partial charge < -0.3 is 10.6 Å². The predicted molar refractivity (Wildman–Crippen MR) is 88.2 cm³/mol. The molecule has 0 bridgehead atoms. The lowest BCUT2D eigenvalue weighted by atomic mass is 10.1. The van der Waals surface area contributed by atoms with Crippen molar-refractivity contribution in [3.8, 4) is 6.07 Å². The van der Waals surface area contributed by atoms with Crippen molar-refractivity contribution in [3.05, 3.63) is 70.9 Å². The first kappa shape index (κ1) is 17.2. The summed E-state index contributed by atoms with van der Waals surface area (Å²) < 4.78 is 26.4. The minimum atomic E-state index is -0.821. The molecular formula is C18H15F2N3O. The molecule has 0 saturated carbocycles. The Morgan fingerprint density at radius 1 is 1.17 bits per heavy atom. The van der Waals surface area contributed by atoms with Gasteiger partial charge in [0.05, 0.1) is 5.69 Å². The fourth-order valence-electron chi connectivity index (χ4n) is 1.98. The van der Waals surface area contributed by atoms with E-state index in [9.17, 15) is 13.6 Å². The number of rotatable bonds is 4. The lowest BCUT2D eigenvalue weighted by molar-refractivity contribution is -0.112. The second-order valence-corrected chi connectivity index (χ2v) is 5.14. The largest absolute Gasteiger partial charge is 0.358 e. The number of aryl methyl sites for hydroxylation is 1. The molecule has 2 aromatic carbocycles. The van der Waals surface area contributed by atoms with Crippen LogP contribution in [0.3, 0.4) is 0 Å². The summed E-state index contributed by atoms with van der Waals surface area (Å²) in [5.41, 5.74) is 2.21. The van der Waals surface area contributed by atoms with E-state index < -0.39 is 17.5 Å². The highest BCUT2D eigenvalue weighted by Gasteiger charge is 2.12. The standard InChI is InChI=1S/C18H15F2N3O/c1-11-4-3-5-16(12(11)2)23-18(24)13(9-21)10-22-17-7-6-14(19)8-15(17)20/h3-8,10,22H,1-2H3,(H,23,24)/b13-10-. The van der Waals surface area contributed by atoms with Crippen LogP contribution < -0.4 is 10.6 Å². The molecule has 2 aromatic rings. The average molecular weight is 327 g/mol. The molecule has 4 nitrogen and oxygen atoms in total. The van der Waals surface area contributed by atoms with Crippen molar-refractivity contribution in [2.75, 3.05) is 10.6 Å². The summed E-state index contributed by atoms with van der Waals surface area (Å²) in [6.07, 6.45) is 1.08. The second-order valence-electron chi connectivity index (χ2n) is 5.14. The maximum absolute atomic E-state index is 13.5. The van der Waals surface area contributed by atoms with E-state index in [1.807, 2.05) is 19.9 Å². The molecule has 24 heavy (non-hydrogen) atoms. The number of halogens is 2. The topological polar surface area (TPSA) is 64.9 Å². The van der Waals surface area contributed by atoms with Gasteiger partial charge in [-0.2, -0.15) is 5.26 Å². The Hall–Kier alpha value is -3.20. The lowest BCUT2D eigenvalue weighted by Gasteiger charge is -2.10. The third-order valence-electron chi connectivity index (χ3n) is 3.52. The summed E-state index contributed by atoms with van der Waals surface area (Å²) in [6.45, 7) is 3.76. The Morgan fingerprint density at radius 3 is 2.58 bits per heavy atom. The molecule has 2 N–H and O–H groups in total. The van der Waals surface area contributed by atoms with Gasteiger partial charge in [0.1, 0.15) is 23.3 Å². The van der Waals surface area contributed by atoms with Gasteiger partial charge in [0, 0.05) is 18.0 Å². The van der Waals surface area contributed by atoms with Gasteiger partial charge in [-0.3, -0.25) is 4.79 Å². The Bertz CT molecular complexity index is 854. The SMILES string of the molecule is Cc1cccc(NC(=O)/C(C#N)=C\Nc2ccc(F)cc2F)c1C. The van der Waals surface area contributed by atoms with Crippen LogP contribution in [0.15, 0.2) is 48.2 Å². The number of nitrogens with zero attached hydrogens (tertiary/aromatic N) is 1. The third-order valence-corrected chi connectivity index (χ3v) is 3.52.